The molecule has 1 amide bonds. The van der Waals surface area contributed by atoms with Crippen LogP contribution < -0.4 is 5.32 Å². The molecule has 1 heterocycles. The highest BCUT2D eigenvalue weighted by Crippen LogP contribution is 2.56. The van der Waals surface area contributed by atoms with Crippen LogP contribution in [-0.4, -0.2) is 27.8 Å². The van der Waals surface area contributed by atoms with Crippen LogP contribution in [0, 0.1) is 43.4 Å². The van der Waals surface area contributed by atoms with Gasteiger partial charge in [0.15, 0.2) is 6.10 Å². The molecule has 26 heavy (non-hydrogen) atoms. The standard InChI is InChI=1S/C20H29N3O3/c1-10-18(11(2)23(4)22-10)21-19(24)12(3)26-20(25)17-15-6-13-5-14(8-15)9-16(17)7-13/h12-17H,5-9H2,1-4H3,(H,21,24)/t12-,13?,14?,15?,16?,17?/m0/s1. The molecule has 0 spiro atoms. The Balaban J connectivity index is 1.39. The highest BCUT2D eigenvalue weighted by Gasteiger charge is 2.51. The molecule has 4 fully saturated rings. The van der Waals surface area contributed by atoms with Gasteiger partial charge in [0.05, 0.1) is 23.0 Å². The topological polar surface area (TPSA) is 73.2 Å². The number of aromatic nitrogens is 2. The summed E-state index contributed by atoms with van der Waals surface area (Å²) in [5.74, 6) is 2.12. The maximum atomic E-state index is 12.8. The highest BCUT2D eigenvalue weighted by atomic mass is 16.5. The molecule has 6 heteroatoms. The van der Waals surface area contributed by atoms with E-state index in [4.69, 9.17) is 4.74 Å². The van der Waals surface area contributed by atoms with Gasteiger partial charge >= 0.3 is 5.97 Å². The van der Waals surface area contributed by atoms with Crippen molar-refractivity contribution in [1.29, 1.82) is 0 Å². The first-order valence-electron chi connectivity index (χ1n) is 9.85. The number of hydrogen-bond donors (Lipinski definition) is 1. The molecule has 142 valence electrons. The maximum absolute atomic E-state index is 12.8. The Labute approximate surface area is 154 Å². The third-order valence-electron chi connectivity index (χ3n) is 6.92. The van der Waals surface area contributed by atoms with Gasteiger partial charge in [-0.2, -0.15) is 5.10 Å². The summed E-state index contributed by atoms with van der Waals surface area (Å²) in [7, 11) is 1.84. The number of esters is 1. The number of rotatable bonds is 4. The lowest BCUT2D eigenvalue weighted by Gasteiger charge is -2.53. The monoisotopic (exact) mass is 359 g/mol. The summed E-state index contributed by atoms with van der Waals surface area (Å²) in [5.41, 5.74) is 2.35. The quantitative estimate of drug-likeness (QED) is 0.839. The Morgan fingerprint density at radius 1 is 1.12 bits per heavy atom. The van der Waals surface area contributed by atoms with Gasteiger partial charge < -0.3 is 10.1 Å². The zero-order valence-corrected chi connectivity index (χ0v) is 16.1. The van der Waals surface area contributed by atoms with Crippen LogP contribution >= 0.6 is 0 Å². The van der Waals surface area contributed by atoms with E-state index in [1.807, 2.05) is 20.9 Å². The largest absolute Gasteiger partial charge is 0.452 e. The maximum Gasteiger partial charge on any atom is 0.310 e. The number of hydrogen-bond acceptors (Lipinski definition) is 4. The Kier molecular flexibility index (Phi) is 4.32. The van der Waals surface area contributed by atoms with Crippen LogP contribution in [0.4, 0.5) is 5.69 Å². The molecule has 0 radical (unpaired) electrons. The van der Waals surface area contributed by atoms with Crippen molar-refractivity contribution in [2.24, 2.45) is 36.6 Å². The fourth-order valence-corrected chi connectivity index (χ4v) is 5.80. The van der Waals surface area contributed by atoms with E-state index >= 15 is 0 Å². The van der Waals surface area contributed by atoms with Crippen molar-refractivity contribution >= 4 is 17.6 Å². The molecule has 1 N–H and O–H groups in total. The van der Waals surface area contributed by atoms with Crippen molar-refractivity contribution in [2.75, 3.05) is 5.32 Å². The smallest absolute Gasteiger partial charge is 0.310 e. The summed E-state index contributed by atoms with van der Waals surface area (Å²) in [5, 5.41) is 7.17. The lowest BCUT2D eigenvalue weighted by Crippen LogP contribution is -2.49. The molecule has 4 bridgehead atoms. The van der Waals surface area contributed by atoms with Gasteiger partial charge in [-0.3, -0.25) is 14.3 Å². The minimum Gasteiger partial charge on any atom is -0.452 e. The molecule has 0 aliphatic heterocycles. The van der Waals surface area contributed by atoms with Gasteiger partial charge in [-0.25, -0.2) is 0 Å². The Hall–Kier alpha value is -1.85. The first-order valence-corrected chi connectivity index (χ1v) is 9.85. The van der Waals surface area contributed by atoms with Crippen LogP contribution in [0.1, 0.15) is 50.4 Å². The normalized spacial score (nSPS) is 33.2. The molecule has 4 aliphatic carbocycles. The molecule has 5 rings (SSSR count). The summed E-state index contributed by atoms with van der Waals surface area (Å²) >= 11 is 0. The van der Waals surface area contributed by atoms with Crippen LogP contribution in [0.3, 0.4) is 0 Å². The minimum atomic E-state index is -0.793. The van der Waals surface area contributed by atoms with E-state index in [1.54, 1.807) is 11.6 Å². The van der Waals surface area contributed by atoms with Gasteiger partial charge in [0.2, 0.25) is 0 Å². The summed E-state index contributed by atoms with van der Waals surface area (Å²) in [4.78, 5) is 25.3. The second-order valence-electron chi connectivity index (χ2n) is 8.69. The summed E-state index contributed by atoms with van der Waals surface area (Å²) in [6.07, 6.45) is 5.24. The van der Waals surface area contributed by atoms with Gasteiger partial charge in [-0.05, 0) is 76.5 Å². The Morgan fingerprint density at radius 3 is 2.19 bits per heavy atom. The number of amides is 1. The molecule has 0 unspecified atom stereocenters. The fraction of sp³-hybridized carbons (Fsp3) is 0.750. The van der Waals surface area contributed by atoms with Gasteiger partial charge in [-0.1, -0.05) is 0 Å². The minimum absolute atomic E-state index is 0.0000795. The Bertz CT molecular complexity index is 711. The predicted octanol–water partition coefficient (Wildman–Crippen LogP) is 2.98. The Morgan fingerprint density at radius 2 is 1.69 bits per heavy atom. The number of nitrogens with zero attached hydrogens (tertiary/aromatic N) is 2. The van der Waals surface area contributed by atoms with E-state index in [9.17, 15) is 9.59 Å². The van der Waals surface area contributed by atoms with Crippen molar-refractivity contribution in [2.45, 2.75) is 59.0 Å². The average Bonchev–Trinajstić information content (AvgIpc) is 2.80. The molecular weight excluding hydrogens is 330 g/mol. The van der Waals surface area contributed by atoms with Gasteiger partial charge in [-0.15, -0.1) is 0 Å². The van der Waals surface area contributed by atoms with Gasteiger partial charge in [0.25, 0.3) is 5.91 Å². The van der Waals surface area contributed by atoms with E-state index in [-0.39, 0.29) is 17.8 Å². The van der Waals surface area contributed by atoms with Crippen LogP contribution in [-0.2, 0) is 21.4 Å². The van der Waals surface area contributed by atoms with Crippen LogP contribution in [0.25, 0.3) is 0 Å². The molecule has 6 nitrogen and oxygen atoms in total. The second-order valence-corrected chi connectivity index (χ2v) is 8.69. The summed E-state index contributed by atoms with van der Waals surface area (Å²) in [6, 6.07) is 0. The van der Waals surface area contributed by atoms with E-state index in [2.05, 4.69) is 10.4 Å². The number of carbonyl (C=O) groups excluding carboxylic acids is 2. The highest BCUT2D eigenvalue weighted by molar-refractivity contribution is 5.96. The van der Waals surface area contributed by atoms with Gasteiger partial charge in [0.1, 0.15) is 0 Å². The molecule has 4 aliphatic rings. The number of nitrogens with one attached hydrogen (secondary N) is 1. The number of carbonyl (C=O) groups is 2. The van der Waals surface area contributed by atoms with E-state index < -0.39 is 6.10 Å². The molecule has 0 saturated heterocycles. The molecular formula is C20H29N3O3. The van der Waals surface area contributed by atoms with Crippen LogP contribution in [0.2, 0.25) is 0 Å². The molecule has 1 aromatic rings. The lowest BCUT2D eigenvalue weighted by atomic mass is 9.52. The molecule has 1 atom stereocenters. The van der Waals surface area contributed by atoms with Gasteiger partial charge in [0, 0.05) is 7.05 Å². The van der Waals surface area contributed by atoms with E-state index in [0.29, 0.717) is 17.5 Å². The number of ether oxygens (including phenoxy) is 1. The van der Waals surface area contributed by atoms with Crippen molar-refractivity contribution in [1.82, 2.24) is 9.78 Å². The van der Waals surface area contributed by atoms with Crippen molar-refractivity contribution in [3.63, 3.8) is 0 Å². The zero-order chi connectivity index (χ0) is 18.6. The second kappa shape index (κ2) is 6.39. The van der Waals surface area contributed by atoms with E-state index in [1.165, 1.54) is 32.1 Å². The molecule has 1 aromatic heterocycles. The van der Waals surface area contributed by atoms with Crippen LogP contribution in [0.15, 0.2) is 0 Å². The number of anilines is 1. The van der Waals surface area contributed by atoms with Crippen molar-refractivity contribution in [3.8, 4) is 0 Å². The predicted molar refractivity (Wildman–Crippen MR) is 97.4 cm³/mol. The van der Waals surface area contributed by atoms with Crippen LogP contribution in [0.5, 0.6) is 0 Å². The summed E-state index contributed by atoms with van der Waals surface area (Å²) < 4.78 is 7.35. The first kappa shape index (κ1) is 17.6. The average molecular weight is 359 g/mol. The van der Waals surface area contributed by atoms with E-state index in [0.717, 1.165) is 23.2 Å². The lowest BCUT2D eigenvalue weighted by molar-refractivity contribution is -0.169. The SMILES string of the molecule is Cc1nn(C)c(C)c1NC(=O)[C@H](C)OC(=O)C1C2CC3CC(C2)CC1C3. The molecule has 4 saturated carbocycles. The third kappa shape index (κ3) is 2.93. The zero-order valence-electron chi connectivity index (χ0n) is 16.1. The summed E-state index contributed by atoms with van der Waals surface area (Å²) in [6.45, 7) is 5.42. The first-order chi connectivity index (χ1) is 12.3. The number of aryl methyl sites for hydroxylation is 2. The third-order valence-corrected chi connectivity index (χ3v) is 6.92. The molecule has 0 aromatic carbocycles. The van der Waals surface area contributed by atoms with Crippen molar-refractivity contribution in [3.05, 3.63) is 11.4 Å². The fourth-order valence-electron chi connectivity index (χ4n) is 5.80. The van der Waals surface area contributed by atoms with Crippen molar-refractivity contribution < 1.29 is 14.3 Å².